The van der Waals surface area contributed by atoms with Crippen molar-refractivity contribution in [3.63, 3.8) is 0 Å². The number of nitrogens with one attached hydrogen (secondary N) is 1. The van der Waals surface area contributed by atoms with Crippen molar-refractivity contribution in [2.24, 2.45) is 23.5 Å². The molecule has 1 aliphatic carbocycles. The van der Waals surface area contributed by atoms with Crippen LogP contribution in [0.1, 0.15) is 171 Å². The summed E-state index contributed by atoms with van der Waals surface area (Å²) in [5.41, 5.74) is 13.5. The quantitative estimate of drug-likeness (QED) is 0.131. The van der Waals surface area contributed by atoms with Gasteiger partial charge in [0, 0.05) is 0 Å². The topological polar surface area (TPSA) is 64.3 Å². The van der Waals surface area contributed by atoms with E-state index in [1.54, 1.807) is 6.20 Å². The molecule has 4 heteroatoms. The van der Waals surface area contributed by atoms with E-state index in [0.29, 0.717) is 29.8 Å². The van der Waals surface area contributed by atoms with Gasteiger partial charge in [-0.1, -0.05) is 136 Å². The van der Waals surface area contributed by atoms with E-state index in [0.717, 1.165) is 54.3 Å². The van der Waals surface area contributed by atoms with E-state index in [9.17, 15) is 4.79 Å². The minimum atomic E-state index is -0.483. The molecule has 4 nitrogen and oxygen atoms in total. The van der Waals surface area contributed by atoms with Crippen molar-refractivity contribution in [3.8, 4) is 16.9 Å². The van der Waals surface area contributed by atoms with Gasteiger partial charge in [0.25, 0.3) is 5.91 Å². The number of carbonyl (C=O) groups excluding carboxylic acids is 1. The van der Waals surface area contributed by atoms with Gasteiger partial charge in [-0.25, -0.2) is 0 Å². The first kappa shape index (κ1) is 39.4. The molecule has 0 saturated heterocycles. The second-order valence-electron chi connectivity index (χ2n) is 15.0. The monoisotopic (exact) mass is 657 g/mol. The van der Waals surface area contributed by atoms with Gasteiger partial charge in [0.05, 0.1) is 12.3 Å². The Morgan fingerprint density at radius 1 is 1.00 bits per heavy atom. The van der Waals surface area contributed by atoms with Crippen molar-refractivity contribution < 1.29 is 9.53 Å². The molecule has 4 atom stereocenters. The number of benzene rings is 2. The normalized spacial score (nSPS) is 16.4. The van der Waals surface area contributed by atoms with Crippen molar-refractivity contribution in [2.75, 3.05) is 11.9 Å². The molecule has 1 fully saturated rings. The van der Waals surface area contributed by atoms with Gasteiger partial charge in [-0.3, -0.25) is 4.79 Å². The van der Waals surface area contributed by atoms with Crippen LogP contribution in [0.2, 0.25) is 0 Å². The number of ether oxygens (including phenoxy) is 1. The van der Waals surface area contributed by atoms with Gasteiger partial charge in [-0.05, 0) is 109 Å². The molecular weight excluding hydrogens is 588 g/mol. The van der Waals surface area contributed by atoms with Gasteiger partial charge in [0.2, 0.25) is 0 Å². The highest BCUT2D eigenvalue weighted by atomic mass is 16.5. The molecule has 1 aliphatic rings. The lowest BCUT2D eigenvalue weighted by Gasteiger charge is -2.26. The van der Waals surface area contributed by atoms with E-state index in [1.807, 2.05) is 0 Å². The Labute approximate surface area is 294 Å². The molecule has 0 spiro atoms. The van der Waals surface area contributed by atoms with Crippen LogP contribution in [0.5, 0.6) is 5.75 Å². The zero-order valence-corrected chi connectivity index (χ0v) is 31.6. The minimum Gasteiger partial charge on any atom is -0.492 e. The van der Waals surface area contributed by atoms with Crippen LogP contribution in [0.4, 0.5) is 5.69 Å². The number of aryl methyl sites for hydroxylation is 1. The average molecular weight is 657 g/mol. The van der Waals surface area contributed by atoms with E-state index >= 15 is 0 Å². The Kier molecular flexibility index (Phi) is 16.8. The zero-order valence-electron chi connectivity index (χ0n) is 31.6. The van der Waals surface area contributed by atoms with Crippen molar-refractivity contribution in [2.45, 2.75) is 150 Å². The highest BCUT2D eigenvalue weighted by molar-refractivity contribution is 6.04. The third-order valence-electron chi connectivity index (χ3n) is 11.0. The number of primary amides is 1. The molecule has 0 heterocycles. The molecule has 266 valence electrons. The molecule has 0 aromatic heterocycles. The van der Waals surface area contributed by atoms with E-state index in [-0.39, 0.29) is 5.92 Å². The standard InChI is InChI=1S/C44H68N2O2/c1-9-13-21-34(8)38-28-37(27-26-36(38)25-18-24-35-22-15-14-16-23-35)39-29-40(48-30-32(6)20-17-19-31(5)10-2)42(44(45)47)43(46-12-4)41(39)33(7)11-3/h9,12-13,26-29,31-35,46H,4,10-11,14-25,30H2,1-3,5-8H3,(H2,45,47)/b13-9+/t31?,32-,33?,34?/m1/s1. The lowest BCUT2D eigenvalue weighted by molar-refractivity contribution is 0.0996. The molecule has 0 bridgehead atoms. The molecule has 2 aromatic carbocycles. The number of anilines is 1. The molecule has 2 aromatic rings. The van der Waals surface area contributed by atoms with Crippen LogP contribution in [0.25, 0.3) is 11.1 Å². The summed E-state index contributed by atoms with van der Waals surface area (Å²) in [6, 6.07) is 9.20. The van der Waals surface area contributed by atoms with E-state index in [4.69, 9.17) is 10.5 Å². The molecule has 1 amide bonds. The summed E-state index contributed by atoms with van der Waals surface area (Å²) >= 11 is 0. The first-order valence-corrected chi connectivity index (χ1v) is 19.4. The van der Waals surface area contributed by atoms with Gasteiger partial charge >= 0.3 is 0 Å². The van der Waals surface area contributed by atoms with E-state index in [1.165, 1.54) is 80.9 Å². The van der Waals surface area contributed by atoms with Crippen LogP contribution in [-0.2, 0) is 6.42 Å². The molecule has 3 unspecified atom stereocenters. The van der Waals surface area contributed by atoms with Crippen LogP contribution in [-0.4, -0.2) is 12.5 Å². The maximum Gasteiger partial charge on any atom is 0.254 e. The summed E-state index contributed by atoms with van der Waals surface area (Å²) in [5, 5.41) is 3.34. The number of hydrogen-bond acceptors (Lipinski definition) is 3. The Morgan fingerprint density at radius 2 is 1.73 bits per heavy atom. The van der Waals surface area contributed by atoms with Gasteiger partial charge in [-0.15, -0.1) is 0 Å². The predicted molar refractivity (Wildman–Crippen MR) is 208 cm³/mol. The number of amides is 1. The van der Waals surface area contributed by atoms with Crippen LogP contribution in [0, 0.1) is 17.8 Å². The SMILES string of the molecule is C=CNc1c(C(N)=O)c(OC[C@H](C)CCCC(C)CC)cc(-c2ccc(CCCC3CCCCC3)c(C(C)C/C=C/C)c2)c1C(C)CC. The summed E-state index contributed by atoms with van der Waals surface area (Å²) in [5.74, 6) is 2.69. The second-order valence-corrected chi connectivity index (χ2v) is 15.0. The van der Waals surface area contributed by atoms with Gasteiger partial charge in [-0.2, -0.15) is 0 Å². The summed E-state index contributed by atoms with van der Waals surface area (Å²) in [4.78, 5) is 13.1. The average Bonchev–Trinajstić information content (AvgIpc) is 3.09. The fraction of sp³-hybridized carbons (Fsp3) is 0.614. The third-order valence-corrected chi connectivity index (χ3v) is 11.0. The van der Waals surface area contributed by atoms with Crippen LogP contribution in [0.3, 0.4) is 0 Å². The number of carbonyl (C=O) groups is 1. The minimum absolute atomic E-state index is 0.188. The van der Waals surface area contributed by atoms with E-state index < -0.39 is 5.91 Å². The largest absolute Gasteiger partial charge is 0.492 e. The number of rotatable bonds is 21. The Hall–Kier alpha value is -3.01. The molecule has 1 saturated carbocycles. The summed E-state index contributed by atoms with van der Waals surface area (Å²) in [6.45, 7) is 20.2. The Bertz CT molecular complexity index is 1320. The van der Waals surface area contributed by atoms with Gasteiger partial charge < -0.3 is 15.8 Å². The molecule has 3 N–H and O–H groups in total. The summed E-state index contributed by atoms with van der Waals surface area (Å²) in [6.07, 6.45) is 23.5. The summed E-state index contributed by atoms with van der Waals surface area (Å²) in [7, 11) is 0. The lowest BCUT2D eigenvalue weighted by atomic mass is 9.82. The van der Waals surface area contributed by atoms with Gasteiger partial charge in [0.15, 0.2) is 0 Å². The second kappa shape index (κ2) is 20.5. The first-order chi connectivity index (χ1) is 23.1. The van der Waals surface area contributed by atoms with Crippen LogP contribution in [0.15, 0.2) is 49.2 Å². The molecule has 0 radical (unpaired) electrons. The number of allylic oxidation sites excluding steroid dienone is 2. The maximum absolute atomic E-state index is 13.1. The maximum atomic E-state index is 13.1. The lowest BCUT2D eigenvalue weighted by Crippen LogP contribution is -2.19. The van der Waals surface area contributed by atoms with Crippen LogP contribution < -0.4 is 15.8 Å². The van der Waals surface area contributed by atoms with E-state index in [2.05, 4.69) is 96.8 Å². The predicted octanol–water partition coefficient (Wildman–Crippen LogP) is 12.7. The van der Waals surface area contributed by atoms with Crippen molar-refractivity contribution in [3.05, 3.63) is 71.5 Å². The highest BCUT2D eigenvalue weighted by Gasteiger charge is 2.27. The molecule has 3 rings (SSSR count). The molecule has 48 heavy (non-hydrogen) atoms. The fourth-order valence-corrected chi connectivity index (χ4v) is 7.55. The molecule has 0 aliphatic heterocycles. The first-order valence-electron chi connectivity index (χ1n) is 19.4. The van der Waals surface area contributed by atoms with Gasteiger partial charge in [0.1, 0.15) is 11.3 Å². The van der Waals surface area contributed by atoms with Crippen molar-refractivity contribution >= 4 is 11.6 Å². The Morgan fingerprint density at radius 3 is 2.38 bits per heavy atom. The van der Waals surface area contributed by atoms with Crippen molar-refractivity contribution in [1.82, 2.24) is 0 Å². The smallest absolute Gasteiger partial charge is 0.254 e. The summed E-state index contributed by atoms with van der Waals surface area (Å²) < 4.78 is 6.54. The highest BCUT2D eigenvalue weighted by Crippen LogP contribution is 2.44. The van der Waals surface area contributed by atoms with Crippen molar-refractivity contribution in [1.29, 1.82) is 0 Å². The zero-order chi connectivity index (χ0) is 35.1. The fourth-order valence-electron chi connectivity index (χ4n) is 7.55. The molecular formula is C44H68N2O2. The third kappa shape index (κ3) is 11.3. The number of nitrogens with two attached hydrogens (primary N) is 1. The number of hydrogen-bond donors (Lipinski definition) is 2. The van der Waals surface area contributed by atoms with Crippen LogP contribution >= 0.6 is 0 Å². The Balaban J connectivity index is 2.07.